The maximum Gasteiger partial charge on any atom is 0.269 e. The molecule has 0 unspecified atom stereocenters. The van der Waals surface area contributed by atoms with E-state index in [9.17, 15) is 14.9 Å². The van der Waals surface area contributed by atoms with Gasteiger partial charge in [-0.15, -0.1) is 5.10 Å². The van der Waals surface area contributed by atoms with Crippen LogP contribution >= 0.6 is 11.8 Å². The number of ketones is 1. The SMILES string of the molecule is Cc1ccc(C)c(CSc2nc3n(n2)[C@H](c2cccc([N+](=O)[O-])c2)C2=C(CC(C)(C)CC2=O)N3)c1. The number of allylic oxidation sites excluding steroid dienone is 2. The van der Waals surface area contributed by atoms with Crippen LogP contribution in [0, 0.1) is 29.4 Å². The molecule has 0 fully saturated rings. The lowest BCUT2D eigenvalue weighted by Crippen LogP contribution is -2.36. The number of hydrogen-bond donors (Lipinski definition) is 1. The van der Waals surface area contributed by atoms with Gasteiger partial charge in [0.25, 0.3) is 5.69 Å². The fourth-order valence-corrected chi connectivity index (χ4v) is 5.76. The summed E-state index contributed by atoms with van der Waals surface area (Å²) in [7, 11) is 0. The summed E-state index contributed by atoms with van der Waals surface area (Å²) in [6.45, 7) is 8.31. The second kappa shape index (κ2) is 8.64. The van der Waals surface area contributed by atoms with Gasteiger partial charge in [0.15, 0.2) is 5.78 Å². The van der Waals surface area contributed by atoms with Crippen LogP contribution in [0.4, 0.5) is 11.6 Å². The average molecular weight is 490 g/mol. The van der Waals surface area contributed by atoms with E-state index in [-0.39, 0.29) is 16.9 Å². The molecule has 1 N–H and O–H groups in total. The molecule has 0 saturated heterocycles. The van der Waals surface area contributed by atoms with Crippen molar-refractivity contribution in [1.82, 2.24) is 14.8 Å². The topological polar surface area (TPSA) is 103 Å². The van der Waals surface area contributed by atoms with Crippen LogP contribution in [-0.2, 0) is 10.5 Å². The van der Waals surface area contributed by atoms with Crippen molar-refractivity contribution in [2.45, 2.75) is 57.5 Å². The Morgan fingerprint density at radius 1 is 1.20 bits per heavy atom. The summed E-state index contributed by atoms with van der Waals surface area (Å²) in [5, 5.41) is 20.2. The van der Waals surface area contributed by atoms with Crippen molar-refractivity contribution in [2.24, 2.45) is 5.41 Å². The van der Waals surface area contributed by atoms with E-state index in [0.717, 1.165) is 11.4 Å². The van der Waals surface area contributed by atoms with E-state index >= 15 is 0 Å². The number of nitrogens with zero attached hydrogens (tertiary/aromatic N) is 4. The summed E-state index contributed by atoms with van der Waals surface area (Å²) in [6.07, 6.45) is 1.11. The Balaban J connectivity index is 1.55. The van der Waals surface area contributed by atoms with Gasteiger partial charge in [0.2, 0.25) is 11.1 Å². The van der Waals surface area contributed by atoms with E-state index in [1.807, 2.05) is 6.07 Å². The molecule has 0 radical (unpaired) electrons. The van der Waals surface area contributed by atoms with E-state index in [1.54, 1.807) is 10.7 Å². The number of benzene rings is 2. The Morgan fingerprint density at radius 3 is 2.77 bits per heavy atom. The van der Waals surface area contributed by atoms with Gasteiger partial charge >= 0.3 is 0 Å². The molecule has 35 heavy (non-hydrogen) atoms. The molecule has 0 saturated carbocycles. The Labute approximate surface area is 208 Å². The predicted molar refractivity (Wildman–Crippen MR) is 135 cm³/mol. The summed E-state index contributed by atoms with van der Waals surface area (Å²) < 4.78 is 1.71. The van der Waals surface area contributed by atoms with Crippen LogP contribution in [0.25, 0.3) is 0 Å². The second-order valence-electron chi connectivity index (χ2n) is 10.1. The van der Waals surface area contributed by atoms with Crippen molar-refractivity contribution in [1.29, 1.82) is 0 Å². The molecular weight excluding hydrogens is 462 g/mol. The number of nitro benzene ring substituents is 1. The van der Waals surface area contributed by atoms with Gasteiger partial charge in [-0.2, -0.15) is 4.98 Å². The number of aromatic nitrogens is 3. The molecule has 0 amide bonds. The highest BCUT2D eigenvalue weighted by molar-refractivity contribution is 7.98. The van der Waals surface area contributed by atoms with E-state index in [1.165, 1.54) is 40.6 Å². The van der Waals surface area contributed by atoms with Gasteiger partial charge in [-0.25, -0.2) is 4.68 Å². The smallest absolute Gasteiger partial charge is 0.269 e. The van der Waals surface area contributed by atoms with Crippen LogP contribution in [-0.4, -0.2) is 25.5 Å². The van der Waals surface area contributed by atoms with Crippen LogP contribution in [0.2, 0.25) is 0 Å². The molecule has 0 bridgehead atoms. The normalized spacial score (nSPS) is 18.6. The van der Waals surface area contributed by atoms with Gasteiger partial charge in [-0.05, 0) is 42.4 Å². The molecule has 180 valence electrons. The molecule has 1 atom stereocenters. The van der Waals surface area contributed by atoms with Gasteiger partial charge in [-0.3, -0.25) is 14.9 Å². The molecule has 1 aromatic heterocycles. The first-order valence-corrected chi connectivity index (χ1v) is 12.5. The molecule has 1 aliphatic carbocycles. The standard InChI is InChI=1S/C26H27N5O3S/c1-15-8-9-16(2)18(10-15)14-35-25-28-24-27-20-12-26(3,4)13-21(32)22(20)23(30(24)29-25)17-6-5-7-19(11-17)31(33)34/h5-11,23H,12-14H2,1-4H3,(H,27,28,29)/t23-/m1/s1. The maximum absolute atomic E-state index is 13.3. The summed E-state index contributed by atoms with van der Waals surface area (Å²) in [5.74, 6) is 1.30. The highest BCUT2D eigenvalue weighted by Crippen LogP contribution is 2.46. The fraction of sp³-hybridized carbons (Fsp3) is 0.346. The fourth-order valence-electron chi connectivity index (χ4n) is 4.87. The number of carbonyl (C=O) groups excluding carboxylic acids is 1. The number of Topliss-reactive ketones (excluding diaryl/α,β-unsaturated/α-hetero) is 1. The molecule has 1 aliphatic heterocycles. The van der Waals surface area contributed by atoms with Crippen LogP contribution in [0.3, 0.4) is 0 Å². The van der Waals surface area contributed by atoms with Crippen molar-refractivity contribution < 1.29 is 9.72 Å². The highest BCUT2D eigenvalue weighted by Gasteiger charge is 2.42. The number of nitro groups is 1. The Hall–Kier alpha value is -3.46. The third-order valence-corrected chi connectivity index (χ3v) is 7.46. The highest BCUT2D eigenvalue weighted by atomic mass is 32.2. The van der Waals surface area contributed by atoms with Gasteiger partial charge in [0.1, 0.15) is 6.04 Å². The summed E-state index contributed by atoms with van der Waals surface area (Å²) >= 11 is 1.53. The molecule has 3 aromatic rings. The predicted octanol–water partition coefficient (Wildman–Crippen LogP) is 5.75. The Bertz CT molecular complexity index is 1390. The van der Waals surface area contributed by atoms with Crippen LogP contribution in [0.15, 0.2) is 58.9 Å². The molecule has 5 rings (SSSR count). The van der Waals surface area contributed by atoms with Crippen molar-refractivity contribution in [3.8, 4) is 0 Å². The third-order valence-electron chi connectivity index (χ3n) is 6.57. The first kappa shape index (κ1) is 23.3. The maximum atomic E-state index is 13.3. The molecule has 8 nitrogen and oxygen atoms in total. The van der Waals surface area contributed by atoms with Crippen LogP contribution in [0.1, 0.15) is 55.0 Å². The third kappa shape index (κ3) is 4.48. The first-order chi connectivity index (χ1) is 16.6. The minimum Gasteiger partial charge on any atom is -0.328 e. The first-order valence-electron chi connectivity index (χ1n) is 11.5. The largest absolute Gasteiger partial charge is 0.328 e. The Morgan fingerprint density at radius 2 is 2.00 bits per heavy atom. The zero-order valence-corrected chi connectivity index (χ0v) is 21.0. The molecular formula is C26H27N5O3S. The van der Waals surface area contributed by atoms with Crippen molar-refractivity contribution in [3.05, 3.63) is 86.1 Å². The number of thioether (sulfide) groups is 1. The van der Waals surface area contributed by atoms with Crippen molar-refractivity contribution in [3.63, 3.8) is 0 Å². The lowest BCUT2D eigenvalue weighted by molar-refractivity contribution is -0.384. The van der Waals surface area contributed by atoms with Gasteiger partial charge < -0.3 is 5.32 Å². The number of aryl methyl sites for hydroxylation is 2. The minimum atomic E-state index is -0.563. The number of carbonyl (C=O) groups is 1. The number of fused-ring (bicyclic) bond motifs is 1. The van der Waals surface area contributed by atoms with Crippen molar-refractivity contribution >= 4 is 29.2 Å². The van der Waals surface area contributed by atoms with E-state index < -0.39 is 11.0 Å². The van der Waals surface area contributed by atoms with Crippen LogP contribution < -0.4 is 5.32 Å². The van der Waals surface area contributed by atoms with E-state index in [4.69, 9.17) is 10.1 Å². The van der Waals surface area contributed by atoms with E-state index in [2.05, 4.69) is 51.2 Å². The quantitative estimate of drug-likeness (QED) is 0.276. The molecule has 2 heterocycles. The average Bonchev–Trinajstić information content (AvgIpc) is 3.20. The van der Waals surface area contributed by atoms with Gasteiger partial charge in [0.05, 0.1) is 4.92 Å². The molecule has 2 aliphatic rings. The zero-order valence-electron chi connectivity index (χ0n) is 20.2. The summed E-state index contributed by atoms with van der Waals surface area (Å²) in [5.41, 5.74) is 5.54. The number of anilines is 1. The van der Waals surface area contributed by atoms with Crippen LogP contribution in [0.5, 0.6) is 0 Å². The second-order valence-corrected chi connectivity index (χ2v) is 11.0. The molecule has 2 aromatic carbocycles. The zero-order chi connectivity index (χ0) is 24.9. The molecule has 9 heteroatoms. The van der Waals surface area contributed by atoms with Gasteiger partial charge in [0, 0.05) is 35.6 Å². The number of nitrogens with one attached hydrogen (secondary N) is 1. The van der Waals surface area contributed by atoms with E-state index in [0.29, 0.717) is 35.1 Å². The Kier molecular flexibility index (Phi) is 5.75. The van der Waals surface area contributed by atoms with Gasteiger partial charge in [-0.1, -0.05) is 61.5 Å². The molecule has 0 spiro atoms. The number of hydrogen-bond acceptors (Lipinski definition) is 7. The monoisotopic (exact) mass is 489 g/mol. The minimum absolute atomic E-state index is 0.0158. The number of rotatable bonds is 5. The summed E-state index contributed by atoms with van der Waals surface area (Å²) in [6, 6.07) is 12.3. The lowest BCUT2D eigenvalue weighted by Gasteiger charge is -2.38. The van der Waals surface area contributed by atoms with Crippen molar-refractivity contribution in [2.75, 3.05) is 5.32 Å². The number of non-ortho nitro benzene ring substituents is 1. The summed E-state index contributed by atoms with van der Waals surface area (Å²) in [4.78, 5) is 29.1. The lowest BCUT2D eigenvalue weighted by atomic mass is 9.73.